The zero-order valence-electron chi connectivity index (χ0n) is 10.9. The monoisotopic (exact) mass is 329 g/mol. The standard InChI is InChI=1S/C14H4F3NO5/c15-14(16,17)7-4-5-8(9(6-7)18(22)23)13(21)12-10(19)2-1-3-11(12)20/h4-6,12H/i1+1,2+1,3+1,10+1,11+1,12+1. The number of nitrogens with zero attached hydrogens (tertiary/aromatic N) is 1. The highest BCUT2D eigenvalue weighted by molar-refractivity contribution is 6.30. The number of carbonyl (C=O) groups excluding carboxylic acids is 3. The summed E-state index contributed by atoms with van der Waals surface area (Å²) in [7, 11) is 0. The van der Waals surface area contributed by atoms with E-state index in [0.717, 1.165) is 0 Å². The summed E-state index contributed by atoms with van der Waals surface area (Å²) in [5.74, 6) is -5.42. The molecule has 6 nitrogen and oxygen atoms in total. The molecule has 0 saturated heterocycles. The average Bonchev–Trinajstić information content (AvgIpc) is 2.45. The highest BCUT2D eigenvalue weighted by Gasteiger charge is 2.41. The third-order valence-corrected chi connectivity index (χ3v) is 2.95. The number of Topliss-reactive ketones (excluding diaryl/α,β-unsaturated/α-hetero) is 3. The highest BCUT2D eigenvalue weighted by atomic mass is 19.4. The number of nitro benzene ring substituents is 1. The number of benzene rings is 1. The van der Waals surface area contributed by atoms with Gasteiger partial charge in [-0.25, -0.2) is 0 Å². The van der Waals surface area contributed by atoms with Crippen molar-refractivity contribution < 1.29 is 32.5 Å². The van der Waals surface area contributed by atoms with Gasteiger partial charge in [-0.2, -0.15) is 13.2 Å². The van der Waals surface area contributed by atoms with E-state index in [1.165, 1.54) is 0 Å². The van der Waals surface area contributed by atoms with E-state index in [1.807, 2.05) is 19.3 Å². The first-order chi connectivity index (χ1) is 10.6. The van der Waals surface area contributed by atoms with Crippen LogP contribution in [-0.2, 0) is 15.8 Å². The fourth-order valence-corrected chi connectivity index (χ4v) is 1.88. The number of nitro groups is 1. The Kier molecular flexibility index (Phi) is 4.31. The average molecular weight is 329 g/mol. The Balaban J connectivity index is 2.50. The molecule has 1 aliphatic rings. The molecule has 0 unspecified atom stereocenters. The van der Waals surface area contributed by atoms with Gasteiger partial charge in [-0.15, -0.1) is 0 Å². The highest BCUT2D eigenvalue weighted by Crippen LogP contribution is 2.34. The van der Waals surface area contributed by atoms with Crippen LogP contribution in [0.4, 0.5) is 18.9 Å². The number of halogens is 3. The van der Waals surface area contributed by atoms with Crippen LogP contribution < -0.4 is 0 Å². The summed E-state index contributed by atoms with van der Waals surface area (Å²) in [6.45, 7) is 0. The lowest BCUT2D eigenvalue weighted by Crippen LogP contribution is -2.36. The van der Waals surface area contributed by atoms with Gasteiger partial charge in [0.15, 0.2) is 17.3 Å². The summed E-state index contributed by atoms with van der Waals surface area (Å²) >= 11 is 0. The fourth-order valence-electron chi connectivity index (χ4n) is 1.88. The minimum atomic E-state index is -4.85. The number of carbonyl (C=O) groups is 3. The predicted molar refractivity (Wildman–Crippen MR) is 65.7 cm³/mol. The third kappa shape index (κ3) is 3.27. The number of ketones is 3. The number of hydrogen-bond acceptors (Lipinski definition) is 5. The van der Waals surface area contributed by atoms with Crippen LogP contribution in [0.2, 0.25) is 0 Å². The van der Waals surface area contributed by atoms with Crippen LogP contribution in [0.25, 0.3) is 0 Å². The van der Waals surface area contributed by atoms with Gasteiger partial charge in [0.1, 0.15) is 5.92 Å². The number of rotatable bonds is 3. The third-order valence-electron chi connectivity index (χ3n) is 2.95. The van der Waals surface area contributed by atoms with Crippen LogP contribution in [0.3, 0.4) is 0 Å². The van der Waals surface area contributed by atoms with Crippen molar-refractivity contribution in [2.24, 2.45) is 5.92 Å². The normalized spacial score (nSPS) is 16.5. The SMILES string of the molecule is O=C(c1ccc(C(F)(F)F)cc1[N+](=O)[O-])[13CH]1[13C](=O)[13C][13C][13C][13C]1=O. The van der Waals surface area contributed by atoms with Gasteiger partial charge in [0, 0.05) is 12.5 Å². The molecule has 2 rings (SSSR count). The summed E-state index contributed by atoms with van der Waals surface area (Å²) < 4.78 is 37.8. The minimum absolute atomic E-state index is 0.171. The number of alkyl halides is 3. The molecule has 0 spiro atoms. The predicted octanol–water partition coefficient (Wildman–Crippen LogP) is 1.81. The first-order valence-electron chi connectivity index (χ1n) is 5.87. The zero-order chi connectivity index (χ0) is 17.4. The second-order valence-electron chi connectivity index (χ2n) is 4.39. The van der Waals surface area contributed by atoms with Crippen LogP contribution in [0.5, 0.6) is 0 Å². The van der Waals surface area contributed by atoms with Gasteiger partial charge in [-0.1, -0.05) is 0 Å². The Hall–Kier alpha value is -2.58. The molecule has 1 aromatic rings. The summed E-state index contributed by atoms with van der Waals surface area (Å²) in [4.78, 5) is 44.9. The maximum atomic E-state index is 12.6. The van der Waals surface area contributed by atoms with Gasteiger partial charge in [0.2, 0.25) is 0 Å². The van der Waals surface area contributed by atoms with E-state index in [4.69, 9.17) is 0 Å². The van der Waals surface area contributed by atoms with Crippen molar-refractivity contribution in [3.05, 3.63) is 58.7 Å². The molecule has 0 heterocycles. The summed E-state index contributed by atoms with van der Waals surface area (Å²) in [6.07, 6.45) is 0.914. The topological polar surface area (TPSA) is 94.3 Å². The fraction of sp³-hybridized carbons (Fsp3) is 0.143. The van der Waals surface area contributed by atoms with Crippen molar-refractivity contribution in [1.29, 1.82) is 0 Å². The quantitative estimate of drug-likeness (QED) is 0.277. The van der Waals surface area contributed by atoms with Gasteiger partial charge in [-0.05, 0) is 12.1 Å². The van der Waals surface area contributed by atoms with E-state index in [1.54, 1.807) is 0 Å². The van der Waals surface area contributed by atoms with Crippen molar-refractivity contribution in [3.8, 4) is 0 Å². The molecule has 23 heavy (non-hydrogen) atoms. The molecule has 1 fully saturated rings. The van der Waals surface area contributed by atoms with Gasteiger partial charge < -0.3 is 0 Å². The van der Waals surface area contributed by atoms with Gasteiger partial charge >= 0.3 is 6.18 Å². The van der Waals surface area contributed by atoms with Crippen LogP contribution in [-0.4, -0.2) is 22.3 Å². The van der Waals surface area contributed by atoms with Crippen LogP contribution >= 0.6 is 0 Å². The van der Waals surface area contributed by atoms with Crippen molar-refractivity contribution in [2.75, 3.05) is 0 Å². The molecular formula is C14H4F3NO5. The van der Waals surface area contributed by atoms with E-state index in [0.29, 0.717) is 12.1 Å². The maximum Gasteiger partial charge on any atom is 0.416 e. The zero-order valence-corrected chi connectivity index (χ0v) is 10.9. The van der Waals surface area contributed by atoms with E-state index >= 15 is 0 Å². The Morgan fingerprint density at radius 1 is 1.17 bits per heavy atom. The lowest BCUT2D eigenvalue weighted by atomic mass is 10.1. The molecule has 0 bridgehead atoms. The Labute approximate surface area is 127 Å². The van der Waals surface area contributed by atoms with Crippen LogP contribution in [0.1, 0.15) is 15.9 Å². The van der Waals surface area contributed by atoms with Crippen LogP contribution in [0.15, 0.2) is 18.2 Å². The van der Waals surface area contributed by atoms with Gasteiger partial charge in [0.05, 0.1) is 28.9 Å². The van der Waals surface area contributed by atoms with E-state index < -0.39 is 51.2 Å². The smallest absolute Gasteiger partial charge is 0.298 e. The molecule has 1 aromatic carbocycles. The minimum Gasteiger partial charge on any atom is -0.298 e. The summed E-state index contributed by atoms with van der Waals surface area (Å²) in [5.41, 5.74) is -3.26. The van der Waals surface area contributed by atoms with Crippen molar-refractivity contribution in [2.45, 2.75) is 6.18 Å². The summed E-state index contributed by atoms with van der Waals surface area (Å²) in [5, 5.41) is 10.9. The van der Waals surface area contributed by atoms with E-state index in [9.17, 15) is 37.7 Å². The first-order valence-corrected chi connectivity index (χ1v) is 5.87. The Bertz CT molecular complexity index is 695. The molecule has 0 aliphatic heterocycles. The largest absolute Gasteiger partial charge is 0.416 e. The number of hydrogen-bond donors (Lipinski definition) is 0. The van der Waals surface area contributed by atoms with E-state index in [2.05, 4.69) is 0 Å². The molecule has 1 saturated carbocycles. The van der Waals surface area contributed by atoms with Gasteiger partial charge in [0.25, 0.3) is 5.69 Å². The van der Waals surface area contributed by atoms with Gasteiger partial charge in [-0.3, -0.25) is 24.5 Å². The second-order valence-corrected chi connectivity index (χ2v) is 4.39. The van der Waals surface area contributed by atoms with E-state index in [-0.39, 0.29) is 6.07 Å². The molecule has 6 radical (unpaired) electrons. The Morgan fingerprint density at radius 3 is 2.22 bits per heavy atom. The van der Waals surface area contributed by atoms with Crippen molar-refractivity contribution in [3.63, 3.8) is 0 Å². The lowest BCUT2D eigenvalue weighted by molar-refractivity contribution is -0.385. The second kappa shape index (κ2) is 5.90. The molecule has 0 amide bonds. The first kappa shape index (κ1) is 16.8. The molecular weight excluding hydrogens is 325 g/mol. The molecule has 0 aromatic heterocycles. The Morgan fingerprint density at radius 2 is 1.74 bits per heavy atom. The molecule has 9 heteroatoms. The lowest BCUT2D eigenvalue weighted by Gasteiger charge is -2.17. The van der Waals surface area contributed by atoms with Crippen molar-refractivity contribution >= 4 is 23.0 Å². The molecule has 1 aliphatic carbocycles. The molecule has 0 N–H and O–H groups in total. The summed E-state index contributed by atoms with van der Waals surface area (Å²) in [6, 6.07) is 1.19. The van der Waals surface area contributed by atoms with Crippen LogP contribution in [0, 0.1) is 35.3 Å². The van der Waals surface area contributed by atoms with Crippen molar-refractivity contribution in [1.82, 2.24) is 0 Å². The maximum absolute atomic E-state index is 12.6. The molecule has 116 valence electrons. The molecule has 0 atom stereocenters.